The van der Waals surface area contributed by atoms with E-state index in [1.807, 2.05) is 67.6 Å². The molecule has 12 aliphatic rings. The predicted octanol–water partition coefficient (Wildman–Crippen LogP) is 10.6. The highest BCUT2D eigenvalue weighted by Crippen LogP contribution is 2.49. The average molecular weight is 1900 g/mol. The van der Waals surface area contributed by atoms with E-state index < -0.39 is 137 Å². The number of amides is 18. The largest absolute Gasteiger partial charge is 0.390 e. The molecule has 12 aliphatic heterocycles. The minimum absolute atomic E-state index is 0.0822. The van der Waals surface area contributed by atoms with Crippen LogP contribution < -0.4 is 29.4 Å². The summed E-state index contributed by atoms with van der Waals surface area (Å²) in [5, 5.41) is 126. The van der Waals surface area contributed by atoms with Gasteiger partial charge in [0, 0.05) is 92.0 Å². The van der Waals surface area contributed by atoms with E-state index >= 15 is 0 Å². The van der Waals surface area contributed by atoms with Crippen molar-refractivity contribution in [3.05, 3.63) is 252 Å². The zero-order valence-corrected chi connectivity index (χ0v) is 76.9. The van der Waals surface area contributed by atoms with E-state index in [2.05, 4.69) is 30.3 Å². The summed E-state index contributed by atoms with van der Waals surface area (Å²) in [5.74, 6) is -2.59. The average Bonchev–Trinajstić information content (AvgIpc) is 1.56. The maximum atomic E-state index is 13.0. The minimum Gasteiger partial charge on any atom is -0.390 e. The first-order chi connectivity index (χ1) is 68.0. The number of rotatable bonds is 6. The first-order valence-corrected chi connectivity index (χ1v) is 45.9. The van der Waals surface area contributed by atoms with Crippen molar-refractivity contribution >= 4 is 170 Å². The van der Waals surface area contributed by atoms with E-state index in [1.54, 1.807) is 185 Å². The zero-order chi connectivity index (χ0) is 101. The molecule has 0 saturated carbocycles. The van der Waals surface area contributed by atoms with Crippen LogP contribution in [0.1, 0.15) is 93.2 Å². The molecule has 0 spiro atoms. The lowest BCUT2D eigenvalue weighted by atomic mass is 9.95. The van der Waals surface area contributed by atoms with Gasteiger partial charge in [0.05, 0.1) is 128 Å². The number of urea groups is 6. The number of nitrogens with zero attached hydrogens (tertiary/aromatic N) is 17. The summed E-state index contributed by atoms with van der Waals surface area (Å²) >= 11 is 0. The quantitative estimate of drug-likeness (QED) is 0.0760. The first kappa shape index (κ1) is 94.0. The SMILES string of the molecule is C[C@@]1(O)CCN2C(=O)N(c3ccc(C#N)c4ccccc34)C(=O)[C@@H]21.C[C@@]12C(=O)N(c3ccc(C#N)c4ccccc34)C(=O)N1CC[C@@H]2O.C[C@]1(O)CCN2C(=O)N(c3ccc(C#N)c4ccccc34)C(=O)[C@@H]21.C[C@]12C(=O)N(c3ccc(C#N)c4ccccc34)C(=O)N1CC[C@H]2O.Cc1ccc(N2C(=O)[C@@H]3[C@H](O)CCN3C2=O)c2ccccc12.N#Cc1ccc(N2C(=O)[C@@H]3[C@H](O)[C@H](O)CN3C2=O)c2ccccc12. The molecule has 12 aromatic rings. The molecule has 0 bridgehead atoms. The Labute approximate surface area is 809 Å². The number of aryl methyl sites for hydroxylation is 1. The number of imide groups is 6. The lowest BCUT2D eigenvalue weighted by Crippen LogP contribution is -2.49. The molecule has 12 aromatic carbocycles. The fourth-order valence-electron chi connectivity index (χ4n) is 21.8. The van der Waals surface area contributed by atoms with Gasteiger partial charge in [-0.05, 0) is 144 Å². The van der Waals surface area contributed by atoms with Crippen LogP contribution in [0.5, 0.6) is 0 Å². The molecule has 7 N–H and O–H groups in total. The zero-order valence-electron chi connectivity index (χ0n) is 76.9. The molecule has 0 radical (unpaired) electrons. The number of aliphatic hydroxyl groups is 7. The van der Waals surface area contributed by atoms with Gasteiger partial charge < -0.3 is 65.1 Å². The van der Waals surface area contributed by atoms with Gasteiger partial charge in [-0.1, -0.05) is 152 Å². The van der Waals surface area contributed by atoms with Gasteiger partial charge in [0.2, 0.25) is 0 Å². The van der Waals surface area contributed by atoms with Crippen molar-refractivity contribution in [3.63, 3.8) is 0 Å². The number of nitriles is 5. The maximum Gasteiger partial charge on any atom is 0.332 e. The first-order valence-electron chi connectivity index (χ1n) is 45.9. The molecule has 0 unspecified atom stereocenters. The lowest BCUT2D eigenvalue weighted by Gasteiger charge is -2.26. The van der Waals surface area contributed by atoms with Crippen molar-refractivity contribution in [1.29, 1.82) is 26.3 Å². The molecule has 36 heteroatoms. The molecule has 12 saturated heterocycles. The Morgan fingerprint density at radius 3 is 0.866 bits per heavy atom. The second kappa shape index (κ2) is 35.5. The van der Waals surface area contributed by atoms with Crippen LogP contribution in [0.2, 0.25) is 0 Å². The van der Waals surface area contributed by atoms with Crippen LogP contribution in [0.15, 0.2) is 218 Å². The number of carbonyl (C=O) groups is 12. The summed E-state index contributed by atoms with van der Waals surface area (Å²) in [7, 11) is 0. The summed E-state index contributed by atoms with van der Waals surface area (Å²) in [6.45, 7) is 10.2. The van der Waals surface area contributed by atoms with Crippen LogP contribution in [0.25, 0.3) is 64.6 Å². The third kappa shape index (κ3) is 14.4. The van der Waals surface area contributed by atoms with E-state index in [0.717, 1.165) is 40.8 Å². The summed E-state index contributed by atoms with van der Waals surface area (Å²) in [6, 6.07) is 67.8. The van der Waals surface area contributed by atoms with E-state index in [1.165, 1.54) is 34.3 Å². The molecule has 0 aliphatic carbocycles. The van der Waals surface area contributed by atoms with Gasteiger partial charge in [-0.25, -0.2) is 58.2 Å². The standard InChI is InChI=1S/4C18H15N3O3.C17H13N3O4.C17H16N2O3/c2*1-18(24)8-9-20-15(18)16(22)21(17(20)23)14-7-6-11(10-19)12-4-2-3-5-13(12)14;2*1-18-15(22)8-9-20(18)17(24)21(16(18)23)14-7-6-11(10-19)12-4-2-3-5-13(12)14;18-7-9-5-6-12(11-4-2-1-3-10(9)11)20-16(23)14-15(22)13(21)8-19(14)17(20)24;1-10-6-7-13(12-5-3-2-4-11(10)12)19-16(21)15-14(20)8-9-18(15)17(19)22/h2*2-7,15,24H,8-9H2,1H3;2*2-7,15,22H,8-9H2,1H3;1-6,13-15,21-22H,8H2;2-7,14-15,20H,8-9H2,1H3/t15-,18+;15-,18-;2*15-,18+;13-,14+,15-;14-,15+/m111011/s1. The van der Waals surface area contributed by atoms with Gasteiger partial charge in [0.15, 0.2) is 0 Å². The number of hydrogen-bond donors (Lipinski definition) is 7. The van der Waals surface area contributed by atoms with E-state index in [-0.39, 0.29) is 18.5 Å². The lowest BCUT2D eigenvalue weighted by molar-refractivity contribution is -0.127. The summed E-state index contributed by atoms with van der Waals surface area (Å²) in [6.07, 6.45) is -2.89. The van der Waals surface area contributed by atoms with Gasteiger partial charge in [-0.3, -0.25) is 28.8 Å². The van der Waals surface area contributed by atoms with Crippen molar-refractivity contribution in [2.75, 3.05) is 68.7 Å². The van der Waals surface area contributed by atoms with Gasteiger partial charge in [-0.15, -0.1) is 0 Å². The molecule has 13 atom stereocenters. The van der Waals surface area contributed by atoms with Crippen molar-refractivity contribution in [2.45, 2.75) is 144 Å². The van der Waals surface area contributed by atoms with Gasteiger partial charge in [-0.2, -0.15) is 26.3 Å². The minimum atomic E-state index is -1.30. The Morgan fingerprint density at radius 2 is 0.563 bits per heavy atom. The van der Waals surface area contributed by atoms with Crippen LogP contribution in [-0.4, -0.2) is 253 Å². The van der Waals surface area contributed by atoms with Crippen LogP contribution in [0.3, 0.4) is 0 Å². The van der Waals surface area contributed by atoms with E-state index in [0.29, 0.717) is 181 Å². The molecule has 0 aromatic heterocycles. The number of anilines is 6. The Kier molecular flexibility index (Phi) is 23.5. The van der Waals surface area contributed by atoms with Gasteiger partial charge in [0.1, 0.15) is 47.5 Å². The number of carbonyl (C=O) groups excluding carboxylic acids is 12. The predicted molar refractivity (Wildman–Crippen MR) is 516 cm³/mol. The highest BCUT2D eigenvalue weighted by Gasteiger charge is 2.65. The monoisotopic (exact) mass is 1900 g/mol. The van der Waals surface area contributed by atoms with Crippen molar-refractivity contribution in [3.8, 4) is 30.3 Å². The van der Waals surface area contributed by atoms with Gasteiger partial charge in [0.25, 0.3) is 35.4 Å². The molecule has 36 nitrogen and oxygen atoms in total. The Bertz CT molecular complexity index is 7450. The molecular weight excluding hydrogens is 1820 g/mol. The second-order valence-corrected chi connectivity index (χ2v) is 37.3. The number of aliphatic hydroxyl groups excluding tert-OH is 5. The Morgan fingerprint density at radius 1 is 0.289 bits per heavy atom. The fourth-order valence-corrected chi connectivity index (χ4v) is 21.8. The molecule has 142 heavy (non-hydrogen) atoms. The van der Waals surface area contributed by atoms with Crippen LogP contribution in [-0.2, 0) is 28.8 Å². The summed E-state index contributed by atoms with van der Waals surface area (Å²) in [4.78, 5) is 168. The number of fused-ring (bicyclic) bond motifs is 12. The third-order valence-corrected chi connectivity index (χ3v) is 29.4. The van der Waals surface area contributed by atoms with Gasteiger partial charge >= 0.3 is 36.2 Å². The Hall–Kier alpha value is -17.0. The molecule has 12 heterocycles. The van der Waals surface area contributed by atoms with E-state index in [9.17, 15) is 120 Å². The molecular formula is C106H89N17O19. The highest BCUT2D eigenvalue weighted by molar-refractivity contribution is 6.31. The van der Waals surface area contributed by atoms with E-state index in [4.69, 9.17) is 0 Å². The molecule has 18 amide bonds. The Balaban J connectivity index is 0.000000108. The smallest absolute Gasteiger partial charge is 0.332 e. The van der Waals surface area contributed by atoms with Crippen molar-refractivity contribution in [2.24, 2.45) is 0 Å². The topological polar surface area (TPSA) is 504 Å². The van der Waals surface area contributed by atoms with Crippen LogP contribution in [0.4, 0.5) is 62.9 Å². The second-order valence-electron chi connectivity index (χ2n) is 37.3. The fraction of sp³-hybridized carbons (Fsp3) is 0.274. The third-order valence-electron chi connectivity index (χ3n) is 29.4. The molecule has 24 rings (SSSR count). The molecule has 12 fully saturated rings. The molecule has 712 valence electrons. The normalized spacial score (nSPS) is 25.9. The van der Waals surface area contributed by atoms with Crippen LogP contribution >= 0.6 is 0 Å². The summed E-state index contributed by atoms with van der Waals surface area (Å²) < 4.78 is 0. The maximum absolute atomic E-state index is 13.0. The van der Waals surface area contributed by atoms with Crippen molar-refractivity contribution < 1.29 is 93.3 Å². The summed E-state index contributed by atoms with van der Waals surface area (Å²) in [5.41, 5.74) is 1.38. The van der Waals surface area contributed by atoms with Crippen molar-refractivity contribution in [1.82, 2.24) is 29.4 Å². The van der Waals surface area contributed by atoms with Crippen LogP contribution in [0, 0.1) is 63.6 Å². The number of benzene rings is 12. The highest BCUT2D eigenvalue weighted by atomic mass is 16.3. The number of hydrogen-bond acceptors (Lipinski definition) is 24.